The first-order chi connectivity index (χ1) is 8.46. The fraction of sp³-hybridized carbons (Fsp3) is 0.833. The molecule has 1 aliphatic carbocycles. The number of rotatable bonds is 4. The van der Waals surface area contributed by atoms with E-state index in [2.05, 4.69) is 10.6 Å². The van der Waals surface area contributed by atoms with Crippen molar-refractivity contribution in [3.8, 4) is 0 Å². The molecule has 1 spiro atoms. The smallest absolute Gasteiger partial charge is 0.328 e. The molecule has 18 heavy (non-hydrogen) atoms. The zero-order valence-corrected chi connectivity index (χ0v) is 10.5. The Morgan fingerprint density at radius 3 is 2.50 bits per heavy atom. The van der Waals surface area contributed by atoms with Crippen LogP contribution in [0.2, 0.25) is 0 Å². The number of aliphatic carboxylic acids is 1. The Balaban J connectivity index is 1.91. The lowest BCUT2D eigenvalue weighted by Gasteiger charge is -2.24. The molecule has 0 aromatic rings. The summed E-state index contributed by atoms with van der Waals surface area (Å²) in [4.78, 5) is 22.9. The van der Waals surface area contributed by atoms with Crippen LogP contribution in [0.15, 0.2) is 0 Å². The van der Waals surface area contributed by atoms with Gasteiger partial charge in [-0.15, -0.1) is 0 Å². The molecule has 6 nitrogen and oxygen atoms in total. The summed E-state index contributed by atoms with van der Waals surface area (Å²) in [5.41, 5.74) is 0.0804. The summed E-state index contributed by atoms with van der Waals surface area (Å²) in [5.74, 6) is -1.51. The van der Waals surface area contributed by atoms with Crippen LogP contribution in [0, 0.1) is 11.3 Å². The summed E-state index contributed by atoms with van der Waals surface area (Å²) in [5, 5.41) is 23.9. The van der Waals surface area contributed by atoms with E-state index in [9.17, 15) is 14.7 Å². The second-order valence-electron chi connectivity index (χ2n) is 5.43. The summed E-state index contributed by atoms with van der Waals surface area (Å²) in [7, 11) is 0. The summed E-state index contributed by atoms with van der Waals surface area (Å²) in [6.07, 6.45) is 1.69. The average molecular weight is 256 g/mol. The third kappa shape index (κ3) is 2.49. The Morgan fingerprint density at radius 2 is 2.00 bits per heavy atom. The number of hydrogen-bond donors (Lipinski definition) is 4. The van der Waals surface area contributed by atoms with Gasteiger partial charge in [0, 0.05) is 5.92 Å². The Kier molecular flexibility index (Phi) is 3.59. The van der Waals surface area contributed by atoms with Crippen LogP contribution in [0.5, 0.6) is 0 Å². The largest absolute Gasteiger partial charge is 0.480 e. The van der Waals surface area contributed by atoms with Gasteiger partial charge in [-0.3, -0.25) is 4.79 Å². The van der Waals surface area contributed by atoms with Crippen LogP contribution in [-0.4, -0.2) is 47.3 Å². The van der Waals surface area contributed by atoms with Crippen LogP contribution < -0.4 is 10.6 Å². The maximum Gasteiger partial charge on any atom is 0.328 e. The number of aliphatic hydroxyl groups is 1. The molecule has 1 saturated heterocycles. The molecule has 2 rings (SSSR count). The van der Waals surface area contributed by atoms with E-state index in [1.54, 1.807) is 0 Å². The third-order valence-corrected chi connectivity index (χ3v) is 4.15. The molecule has 4 N–H and O–H groups in total. The zero-order chi connectivity index (χ0) is 13.3. The molecule has 0 aromatic heterocycles. The molecule has 0 bridgehead atoms. The van der Waals surface area contributed by atoms with E-state index in [4.69, 9.17) is 5.11 Å². The molecule has 0 radical (unpaired) electrons. The van der Waals surface area contributed by atoms with Crippen molar-refractivity contribution in [2.24, 2.45) is 11.3 Å². The number of carboxylic acid groups (broad SMARTS) is 1. The van der Waals surface area contributed by atoms with Crippen molar-refractivity contribution < 1.29 is 19.8 Å². The van der Waals surface area contributed by atoms with E-state index < -0.39 is 18.1 Å². The molecule has 1 saturated carbocycles. The molecule has 2 fully saturated rings. The van der Waals surface area contributed by atoms with Gasteiger partial charge in [0.05, 0.1) is 6.10 Å². The molecule has 102 valence electrons. The number of carbonyl (C=O) groups excluding carboxylic acids is 1. The second kappa shape index (κ2) is 4.85. The molecule has 3 atom stereocenters. The summed E-state index contributed by atoms with van der Waals surface area (Å²) in [6, 6.07) is -1.21. The molecular weight excluding hydrogens is 236 g/mol. The highest BCUT2D eigenvalue weighted by Crippen LogP contribution is 2.58. The molecule has 1 heterocycles. The first-order valence-corrected chi connectivity index (χ1v) is 6.38. The van der Waals surface area contributed by atoms with Gasteiger partial charge in [0.15, 0.2) is 6.04 Å². The lowest BCUT2D eigenvalue weighted by Crippen LogP contribution is -2.48. The van der Waals surface area contributed by atoms with Crippen molar-refractivity contribution in [1.29, 1.82) is 0 Å². The van der Waals surface area contributed by atoms with Crippen molar-refractivity contribution in [2.45, 2.75) is 38.3 Å². The minimum absolute atomic E-state index is 0.0804. The van der Waals surface area contributed by atoms with Crippen molar-refractivity contribution >= 4 is 11.9 Å². The highest BCUT2D eigenvalue weighted by atomic mass is 16.4. The maximum absolute atomic E-state index is 12.0. The lowest BCUT2D eigenvalue weighted by molar-refractivity contribution is -0.145. The normalized spacial score (nSPS) is 28.4. The average Bonchev–Trinajstić information content (AvgIpc) is 2.99. The molecule has 6 heteroatoms. The fourth-order valence-electron chi connectivity index (χ4n) is 2.84. The van der Waals surface area contributed by atoms with E-state index in [0.717, 1.165) is 32.4 Å². The third-order valence-electron chi connectivity index (χ3n) is 4.15. The van der Waals surface area contributed by atoms with Crippen LogP contribution in [0.1, 0.15) is 26.2 Å². The number of carboxylic acids is 1. The van der Waals surface area contributed by atoms with Gasteiger partial charge in [-0.05, 0) is 44.7 Å². The minimum atomic E-state index is -1.21. The van der Waals surface area contributed by atoms with Crippen molar-refractivity contribution in [3.63, 3.8) is 0 Å². The van der Waals surface area contributed by atoms with Crippen LogP contribution in [-0.2, 0) is 9.59 Å². The van der Waals surface area contributed by atoms with Crippen LogP contribution >= 0.6 is 0 Å². The lowest BCUT2D eigenvalue weighted by atomic mass is 9.91. The monoisotopic (exact) mass is 256 g/mol. The molecule has 0 aromatic carbocycles. The van der Waals surface area contributed by atoms with E-state index >= 15 is 0 Å². The van der Waals surface area contributed by atoms with Gasteiger partial charge in [0.1, 0.15) is 0 Å². The second-order valence-corrected chi connectivity index (χ2v) is 5.43. The van der Waals surface area contributed by atoms with Crippen molar-refractivity contribution in [1.82, 2.24) is 10.6 Å². The van der Waals surface area contributed by atoms with Gasteiger partial charge in [0.2, 0.25) is 5.91 Å². The van der Waals surface area contributed by atoms with Gasteiger partial charge in [-0.1, -0.05) is 0 Å². The Labute approximate surface area is 106 Å². The first-order valence-electron chi connectivity index (χ1n) is 6.38. The van der Waals surface area contributed by atoms with Crippen LogP contribution in [0.4, 0.5) is 0 Å². The number of amides is 1. The van der Waals surface area contributed by atoms with Gasteiger partial charge in [0.25, 0.3) is 0 Å². The maximum atomic E-state index is 12.0. The summed E-state index contributed by atoms with van der Waals surface area (Å²) >= 11 is 0. The molecule has 2 aliphatic rings. The van der Waals surface area contributed by atoms with Gasteiger partial charge >= 0.3 is 5.97 Å². The molecule has 1 unspecified atom stereocenters. The van der Waals surface area contributed by atoms with Crippen molar-refractivity contribution in [2.75, 3.05) is 13.1 Å². The zero-order valence-electron chi connectivity index (χ0n) is 10.5. The molecular formula is C12H20N2O4. The Morgan fingerprint density at radius 1 is 1.39 bits per heavy atom. The van der Waals surface area contributed by atoms with Gasteiger partial charge < -0.3 is 20.8 Å². The quantitative estimate of drug-likeness (QED) is 0.534. The summed E-state index contributed by atoms with van der Waals surface area (Å²) < 4.78 is 0. The van der Waals surface area contributed by atoms with Gasteiger partial charge in [-0.2, -0.15) is 0 Å². The molecule has 1 aliphatic heterocycles. The topological polar surface area (TPSA) is 98.7 Å². The minimum Gasteiger partial charge on any atom is -0.480 e. The van der Waals surface area contributed by atoms with Gasteiger partial charge in [-0.25, -0.2) is 4.79 Å². The predicted octanol–water partition coefficient (Wildman–Crippen LogP) is -0.674. The van der Waals surface area contributed by atoms with E-state index in [0.29, 0.717) is 0 Å². The first kappa shape index (κ1) is 13.3. The van der Waals surface area contributed by atoms with Crippen LogP contribution in [0.25, 0.3) is 0 Å². The van der Waals surface area contributed by atoms with Crippen molar-refractivity contribution in [3.05, 3.63) is 0 Å². The fourth-order valence-corrected chi connectivity index (χ4v) is 2.84. The highest BCUT2D eigenvalue weighted by Gasteiger charge is 2.58. The number of aliphatic hydroxyl groups excluding tert-OH is 1. The number of hydrogen-bond acceptors (Lipinski definition) is 4. The van der Waals surface area contributed by atoms with E-state index in [1.807, 2.05) is 0 Å². The van der Waals surface area contributed by atoms with E-state index in [1.165, 1.54) is 6.92 Å². The standard InChI is InChI=1S/C12H20N2O4/c1-7(15)9(11(17)18)14-10(16)8-6-12(8)2-4-13-5-3-12/h7-9,13,15H,2-6H2,1H3,(H,14,16)(H,17,18)/t7-,8?,9+/m1/s1. The summed E-state index contributed by atoms with van der Waals surface area (Å²) in [6.45, 7) is 3.21. The number of carbonyl (C=O) groups is 2. The number of piperidine rings is 1. The highest BCUT2D eigenvalue weighted by molar-refractivity contribution is 5.87. The number of nitrogens with one attached hydrogen (secondary N) is 2. The predicted molar refractivity (Wildman–Crippen MR) is 63.9 cm³/mol. The Bertz CT molecular complexity index is 350. The van der Waals surface area contributed by atoms with E-state index in [-0.39, 0.29) is 17.2 Å². The Hall–Kier alpha value is -1.14. The van der Waals surface area contributed by atoms with Crippen LogP contribution in [0.3, 0.4) is 0 Å². The molecule has 1 amide bonds. The SMILES string of the molecule is C[C@@H](O)[C@H](NC(=O)C1CC12CCNCC2)C(=O)O.